The second-order valence-electron chi connectivity index (χ2n) is 6.18. The molecule has 0 radical (unpaired) electrons. The van der Waals surface area contributed by atoms with Crippen molar-refractivity contribution in [2.75, 3.05) is 25.2 Å². The summed E-state index contributed by atoms with van der Waals surface area (Å²) in [7, 11) is 1.34. The summed E-state index contributed by atoms with van der Waals surface area (Å²) in [4.78, 5) is 37.7. The number of carbonyl (C=O) groups excluding carboxylic acids is 2. The molecule has 0 heterocycles. The summed E-state index contributed by atoms with van der Waals surface area (Å²) in [6, 6.07) is 11.2. The highest BCUT2D eigenvalue weighted by Crippen LogP contribution is 2.35. The zero-order valence-electron chi connectivity index (χ0n) is 17.3. The third kappa shape index (κ3) is 5.05. The van der Waals surface area contributed by atoms with Crippen LogP contribution in [0.4, 0.5) is 11.4 Å². The minimum Gasteiger partial charge on any atom is -0.493 e. The number of anilines is 1. The van der Waals surface area contributed by atoms with Crippen molar-refractivity contribution in [2.24, 2.45) is 0 Å². The van der Waals surface area contributed by atoms with Crippen LogP contribution in [0.3, 0.4) is 0 Å². The Morgan fingerprint density at radius 2 is 1.80 bits per heavy atom. The number of para-hydroxylation sites is 1. The molecule has 30 heavy (non-hydrogen) atoms. The van der Waals surface area contributed by atoms with E-state index in [-0.39, 0.29) is 23.7 Å². The summed E-state index contributed by atoms with van der Waals surface area (Å²) in [6.45, 7) is 5.57. The first-order valence-electron chi connectivity index (χ1n) is 9.40. The Bertz CT molecular complexity index is 915. The molecule has 0 saturated heterocycles. The van der Waals surface area contributed by atoms with Crippen molar-refractivity contribution in [3.05, 3.63) is 58.1 Å². The lowest BCUT2D eigenvalue weighted by molar-refractivity contribution is -0.385. The number of carbonyl (C=O) groups is 2. The number of likely N-dealkylation sites (N-methyl/N-ethyl adjacent to an activating group) is 1. The second-order valence-corrected chi connectivity index (χ2v) is 6.18. The summed E-state index contributed by atoms with van der Waals surface area (Å²) in [5, 5.41) is 11.4. The molecular formula is C21H24N2O7. The molecule has 1 atom stereocenters. The standard InChI is InChI=1S/C21H24N2O7/c1-5-22(15-10-8-7-9-11-15)20(24)14(3)30-21(25)16-12-19(29-6-2)18(28-4)13-17(16)23(26)27/h7-14H,5-6H2,1-4H3/t14-/m1/s1. The van der Waals surface area contributed by atoms with Crippen molar-refractivity contribution in [2.45, 2.75) is 26.9 Å². The normalized spacial score (nSPS) is 11.3. The number of nitrogens with zero attached hydrogens (tertiary/aromatic N) is 2. The van der Waals surface area contributed by atoms with Crippen LogP contribution in [0.2, 0.25) is 0 Å². The van der Waals surface area contributed by atoms with Crippen molar-refractivity contribution in [1.29, 1.82) is 0 Å². The van der Waals surface area contributed by atoms with E-state index in [0.717, 1.165) is 6.07 Å². The minimum absolute atomic E-state index is 0.116. The monoisotopic (exact) mass is 416 g/mol. The van der Waals surface area contributed by atoms with Gasteiger partial charge in [0.1, 0.15) is 5.56 Å². The Hall–Kier alpha value is -3.62. The van der Waals surface area contributed by atoms with Crippen molar-refractivity contribution >= 4 is 23.3 Å². The molecule has 0 saturated carbocycles. The molecule has 0 bridgehead atoms. The lowest BCUT2D eigenvalue weighted by Gasteiger charge is -2.24. The van der Waals surface area contributed by atoms with Gasteiger partial charge >= 0.3 is 5.97 Å². The highest BCUT2D eigenvalue weighted by molar-refractivity contribution is 6.00. The van der Waals surface area contributed by atoms with Crippen molar-refractivity contribution in [3.8, 4) is 11.5 Å². The summed E-state index contributed by atoms with van der Waals surface area (Å²) in [5.74, 6) is -1.17. The third-order valence-corrected chi connectivity index (χ3v) is 4.28. The van der Waals surface area contributed by atoms with Gasteiger partial charge in [0, 0.05) is 18.3 Å². The first-order valence-corrected chi connectivity index (χ1v) is 9.40. The van der Waals surface area contributed by atoms with Crippen molar-refractivity contribution in [3.63, 3.8) is 0 Å². The van der Waals surface area contributed by atoms with Crippen LogP contribution >= 0.6 is 0 Å². The highest BCUT2D eigenvalue weighted by atomic mass is 16.6. The number of methoxy groups -OCH3 is 1. The van der Waals surface area contributed by atoms with E-state index < -0.39 is 28.6 Å². The predicted octanol–water partition coefficient (Wildman–Crippen LogP) is 3.60. The minimum atomic E-state index is -1.16. The fraction of sp³-hybridized carbons (Fsp3) is 0.333. The van der Waals surface area contributed by atoms with Crippen LogP contribution in [0.5, 0.6) is 11.5 Å². The fourth-order valence-electron chi connectivity index (χ4n) is 2.86. The molecule has 0 unspecified atom stereocenters. The van der Waals surface area contributed by atoms with Gasteiger partial charge in [0.2, 0.25) is 0 Å². The summed E-state index contributed by atoms with van der Waals surface area (Å²) < 4.78 is 15.8. The van der Waals surface area contributed by atoms with Gasteiger partial charge in [-0.3, -0.25) is 14.9 Å². The predicted molar refractivity (Wildman–Crippen MR) is 110 cm³/mol. The maximum absolute atomic E-state index is 12.8. The molecule has 0 N–H and O–H groups in total. The van der Waals surface area contributed by atoms with Gasteiger partial charge in [0.15, 0.2) is 17.6 Å². The first kappa shape index (κ1) is 22.7. The zero-order valence-corrected chi connectivity index (χ0v) is 17.3. The molecule has 2 aromatic rings. The second kappa shape index (κ2) is 10.2. The van der Waals surface area contributed by atoms with Crippen molar-refractivity contribution in [1.82, 2.24) is 0 Å². The summed E-state index contributed by atoms with van der Waals surface area (Å²) in [5.41, 5.74) is -0.177. The zero-order chi connectivity index (χ0) is 22.3. The SMILES string of the molecule is CCOc1cc(C(=O)O[C@H](C)C(=O)N(CC)c2ccccc2)c([N+](=O)[O-])cc1OC. The van der Waals surface area contributed by atoms with E-state index in [1.54, 1.807) is 38.1 Å². The molecule has 1 amide bonds. The van der Waals surface area contributed by atoms with Crippen LogP contribution in [0, 0.1) is 10.1 Å². The Morgan fingerprint density at radius 3 is 2.33 bits per heavy atom. The molecule has 2 rings (SSSR count). The van der Waals surface area contributed by atoms with E-state index >= 15 is 0 Å². The van der Waals surface area contributed by atoms with E-state index in [1.807, 2.05) is 6.07 Å². The van der Waals surface area contributed by atoms with Crippen LogP contribution in [0.15, 0.2) is 42.5 Å². The van der Waals surface area contributed by atoms with Gasteiger partial charge in [-0.2, -0.15) is 0 Å². The molecule has 0 aliphatic carbocycles. The van der Waals surface area contributed by atoms with E-state index in [0.29, 0.717) is 12.2 Å². The molecule has 2 aromatic carbocycles. The quantitative estimate of drug-likeness (QED) is 0.349. The summed E-state index contributed by atoms with van der Waals surface area (Å²) >= 11 is 0. The number of nitro groups is 1. The number of amides is 1. The van der Waals surface area contributed by atoms with Crippen molar-refractivity contribution < 1.29 is 28.7 Å². The van der Waals surface area contributed by atoms with E-state index in [9.17, 15) is 19.7 Å². The maximum atomic E-state index is 12.8. The highest BCUT2D eigenvalue weighted by Gasteiger charge is 2.30. The fourth-order valence-corrected chi connectivity index (χ4v) is 2.86. The molecule has 9 heteroatoms. The molecule has 0 aliphatic rings. The van der Waals surface area contributed by atoms with Crippen LogP contribution in [-0.2, 0) is 9.53 Å². The molecule has 0 fully saturated rings. The van der Waals surface area contributed by atoms with E-state index in [2.05, 4.69) is 0 Å². The van der Waals surface area contributed by atoms with Gasteiger partial charge in [-0.1, -0.05) is 18.2 Å². The Balaban J connectivity index is 2.30. The van der Waals surface area contributed by atoms with Crippen LogP contribution in [0.1, 0.15) is 31.1 Å². The number of ether oxygens (including phenoxy) is 3. The Labute approximate surface area is 174 Å². The maximum Gasteiger partial charge on any atom is 0.346 e. The van der Waals surface area contributed by atoms with Gasteiger partial charge in [0.05, 0.1) is 24.7 Å². The first-order chi connectivity index (χ1) is 14.3. The van der Waals surface area contributed by atoms with Gasteiger partial charge in [-0.25, -0.2) is 4.79 Å². The number of esters is 1. The average Bonchev–Trinajstić information content (AvgIpc) is 2.74. The molecule has 0 spiro atoms. The van der Waals surface area contributed by atoms with Gasteiger partial charge in [0.25, 0.3) is 11.6 Å². The summed E-state index contributed by atoms with van der Waals surface area (Å²) in [6.07, 6.45) is -1.16. The largest absolute Gasteiger partial charge is 0.493 e. The Kier molecular flexibility index (Phi) is 7.74. The van der Waals surface area contributed by atoms with Gasteiger partial charge in [-0.15, -0.1) is 0 Å². The molecule has 9 nitrogen and oxygen atoms in total. The van der Waals surface area contributed by atoms with E-state index in [4.69, 9.17) is 14.2 Å². The third-order valence-electron chi connectivity index (χ3n) is 4.28. The lowest BCUT2D eigenvalue weighted by atomic mass is 10.1. The Morgan fingerprint density at radius 1 is 1.13 bits per heavy atom. The number of rotatable bonds is 9. The van der Waals surface area contributed by atoms with Gasteiger partial charge < -0.3 is 19.1 Å². The number of nitro benzene ring substituents is 1. The van der Waals surface area contributed by atoms with E-state index in [1.165, 1.54) is 25.0 Å². The lowest BCUT2D eigenvalue weighted by Crippen LogP contribution is -2.40. The van der Waals surface area contributed by atoms with Crippen LogP contribution < -0.4 is 14.4 Å². The topological polar surface area (TPSA) is 108 Å². The number of hydrogen-bond donors (Lipinski definition) is 0. The number of hydrogen-bond acceptors (Lipinski definition) is 7. The van der Waals surface area contributed by atoms with Crippen LogP contribution in [-0.4, -0.2) is 43.2 Å². The van der Waals surface area contributed by atoms with Gasteiger partial charge in [-0.05, 0) is 32.9 Å². The average molecular weight is 416 g/mol. The smallest absolute Gasteiger partial charge is 0.346 e. The van der Waals surface area contributed by atoms with Crippen LogP contribution in [0.25, 0.3) is 0 Å². The molecule has 0 aliphatic heterocycles. The number of benzene rings is 2. The molecule has 0 aromatic heterocycles. The molecular weight excluding hydrogens is 392 g/mol. The molecule has 160 valence electrons.